The Morgan fingerprint density at radius 2 is 1.90 bits per heavy atom. The SMILES string of the molecule is O=[C-]SCCC(F)(F)F.[W]. The standard InChI is InChI=1S/C4H4F3OS.W/c5-4(6,7)1-2-9-3-8;/h1-2H2;/q-1;. The van der Waals surface area contributed by atoms with E-state index in [0.717, 1.165) is 0 Å². The fourth-order valence-electron chi connectivity index (χ4n) is 0.208. The summed E-state index contributed by atoms with van der Waals surface area (Å²) >= 11 is 0.509. The minimum atomic E-state index is -4.15. The molecule has 0 saturated heterocycles. The normalized spacial score (nSPS) is 10.3. The summed E-state index contributed by atoms with van der Waals surface area (Å²) in [4.78, 5) is 9.36. The van der Waals surface area contributed by atoms with Gasteiger partial charge in [-0.15, -0.1) is 0 Å². The van der Waals surface area contributed by atoms with Gasteiger partial charge in [-0.05, 0) is 5.75 Å². The fraction of sp³-hybridized carbons (Fsp3) is 0.750. The Balaban J connectivity index is 0. The predicted molar refractivity (Wildman–Crippen MR) is 28.8 cm³/mol. The molecule has 0 N–H and O–H groups in total. The van der Waals surface area contributed by atoms with Gasteiger partial charge >= 0.3 is 6.18 Å². The topological polar surface area (TPSA) is 17.1 Å². The Morgan fingerprint density at radius 1 is 1.40 bits per heavy atom. The Hall–Kier alpha value is 0.498. The average Bonchev–Trinajstić information content (AvgIpc) is 1.63. The molecule has 0 spiro atoms. The van der Waals surface area contributed by atoms with Crippen LogP contribution in [0.1, 0.15) is 6.42 Å². The maximum absolute atomic E-state index is 11.2. The summed E-state index contributed by atoms with van der Waals surface area (Å²) in [5.74, 6) is -0.229. The van der Waals surface area contributed by atoms with Gasteiger partial charge in [0.15, 0.2) is 0 Å². The number of hydrogen-bond donors (Lipinski definition) is 0. The smallest absolute Gasteiger partial charge is 0.389 e. The van der Waals surface area contributed by atoms with Crippen LogP contribution in [0, 0.1) is 0 Å². The van der Waals surface area contributed by atoms with Gasteiger partial charge in [0, 0.05) is 21.1 Å². The van der Waals surface area contributed by atoms with Crippen molar-refractivity contribution in [1.29, 1.82) is 0 Å². The van der Waals surface area contributed by atoms with Crippen molar-refractivity contribution in [1.82, 2.24) is 0 Å². The molecule has 0 aromatic heterocycles. The summed E-state index contributed by atoms with van der Waals surface area (Å²) in [5.41, 5.74) is 1.31. The Morgan fingerprint density at radius 3 is 2.20 bits per heavy atom. The van der Waals surface area contributed by atoms with Gasteiger partial charge in [0.05, 0.1) is 6.42 Å². The average molecular weight is 341 g/mol. The van der Waals surface area contributed by atoms with Gasteiger partial charge < -0.3 is 16.6 Å². The van der Waals surface area contributed by atoms with Gasteiger partial charge in [-0.25, -0.2) is 5.62 Å². The van der Waals surface area contributed by atoms with Crippen molar-refractivity contribution in [3.8, 4) is 0 Å². The number of halogens is 3. The minimum absolute atomic E-state index is 0. The second-order valence-corrected chi connectivity index (χ2v) is 2.16. The van der Waals surface area contributed by atoms with Crippen molar-refractivity contribution in [2.75, 3.05) is 5.75 Å². The molecule has 6 heteroatoms. The van der Waals surface area contributed by atoms with Gasteiger partial charge in [-0.1, -0.05) is 0 Å². The van der Waals surface area contributed by atoms with Crippen molar-refractivity contribution < 1.29 is 39.0 Å². The van der Waals surface area contributed by atoms with Crippen LogP contribution < -0.4 is 0 Å². The molecule has 0 aliphatic rings. The van der Waals surface area contributed by atoms with Crippen LogP contribution in [0.3, 0.4) is 0 Å². The molecule has 0 unspecified atom stereocenters. The van der Waals surface area contributed by atoms with Gasteiger partial charge in [0.2, 0.25) is 0 Å². The second kappa shape index (κ2) is 6.22. The van der Waals surface area contributed by atoms with E-state index in [1.54, 1.807) is 0 Å². The third kappa shape index (κ3) is 11.3. The zero-order valence-corrected chi connectivity index (χ0v) is 8.52. The number of carbonyl (C=O) groups excluding carboxylic acids is 1. The molecule has 0 aliphatic carbocycles. The van der Waals surface area contributed by atoms with Crippen LogP contribution >= 0.6 is 11.8 Å². The van der Waals surface area contributed by atoms with E-state index < -0.39 is 12.6 Å². The molecule has 0 bridgehead atoms. The van der Waals surface area contributed by atoms with Gasteiger partial charge in [-0.2, -0.15) is 13.2 Å². The van der Waals surface area contributed by atoms with Crippen molar-refractivity contribution >= 4 is 17.4 Å². The summed E-state index contributed by atoms with van der Waals surface area (Å²) in [6.07, 6.45) is -5.07. The van der Waals surface area contributed by atoms with E-state index in [9.17, 15) is 18.0 Å². The summed E-state index contributed by atoms with van der Waals surface area (Å²) in [7, 11) is 0. The van der Waals surface area contributed by atoms with Crippen LogP contribution in [0.25, 0.3) is 0 Å². The van der Waals surface area contributed by atoms with Crippen molar-refractivity contribution in [2.24, 2.45) is 0 Å². The van der Waals surface area contributed by atoms with E-state index in [-0.39, 0.29) is 26.8 Å². The molecule has 0 aliphatic heterocycles. The van der Waals surface area contributed by atoms with E-state index in [0.29, 0.717) is 11.8 Å². The molecule has 0 radical (unpaired) electrons. The first-order chi connectivity index (χ1) is 4.06. The van der Waals surface area contributed by atoms with Crippen LogP contribution in [0.2, 0.25) is 0 Å². The van der Waals surface area contributed by atoms with Crippen LogP contribution in [0.4, 0.5) is 13.2 Å². The van der Waals surface area contributed by atoms with Crippen LogP contribution in [-0.4, -0.2) is 17.5 Å². The molecule has 10 heavy (non-hydrogen) atoms. The van der Waals surface area contributed by atoms with E-state index >= 15 is 0 Å². The molecule has 1 nitrogen and oxygen atoms in total. The first kappa shape index (κ1) is 13.1. The predicted octanol–water partition coefficient (Wildman–Crippen LogP) is 1.74. The van der Waals surface area contributed by atoms with Gasteiger partial charge in [-0.3, -0.25) is 0 Å². The number of rotatable bonds is 3. The van der Waals surface area contributed by atoms with Crippen molar-refractivity contribution in [2.45, 2.75) is 12.6 Å². The first-order valence-electron chi connectivity index (χ1n) is 2.12. The summed E-state index contributed by atoms with van der Waals surface area (Å²) in [5, 5.41) is 0. The van der Waals surface area contributed by atoms with E-state index in [1.165, 1.54) is 5.62 Å². The first-order valence-corrected chi connectivity index (χ1v) is 3.10. The molecule has 0 heterocycles. The third-order valence-corrected chi connectivity index (χ3v) is 1.07. The molecular formula is C4H4F3OSW-. The van der Waals surface area contributed by atoms with Crippen LogP contribution in [0.5, 0.6) is 0 Å². The maximum Gasteiger partial charge on any atom is 0.389 e. The molecule has 0 saturated carbocycles. The Labute approximate surface area is 75.0 Å². The maximum atomic E-state index is 11.2. The minimum Gasteiger partial charge on any atom is -0.530 e. The zero-order chi connectivity index (χ0) is 7.33. The molecule has 0 aromatic carbocycles. The molecule has 0 aromatic rings. The molecule has 0 amide bonds. The van der Waals surface area contributed by atoms with E-state index in [1.807, 2.05) is 0 Å². The van der Waals surface area contributed by atoms with Gasteiger partial charge in [0.25, 0.3) is 0 Å². The quantitative estimate of drug-likeness (QED) is 0.575. The molecular weight excluding hydrogens is 337 g/mol. The Bertz CT molecular complexity index is 95.0. The monoisotopic (exact) mass is 341 g/mol. The summed E-state index contributed by atoms with van der Waals surface area (Å²) < 4.78 is 33.7. The Kier molecular flexibility index (Phi) is 8.16. The second-order valence-electron chi connectivity index (χ2n) is 1.30. The molecule has 0 atom stereocenters. The van der Waals surface area contributed by atoms with E-state index in [2.05, 4.69) is 0 Å². The number of alkyl halides is 3. The molecule has 0 rings (SSSR count). The van der Waals surface area contributed by atoms with Gasteiger partial charge in [0.1, 0.15) is 0 Å². The van der Waals surface area contributed by atoms with Crippen molar-refractivity contribution in [3.05, 3.63) is 0 Å². The zero-order valence-electron chi connectivity index (χ0n) is 4.77. The van der Waals surface area contributed by atoms with Crippen LogP contribution in [0.15, 0.2) is 0 Å². The molecule has 60 valence electrons. The number of thioether (sulfide) groups is 1. The van der Waals surface area contributed by atoms with Crippen LogP contribution in [-0.2, 0) is 25.9 Å². The van der Waals surface area contributed by atoms with Crippen molar-refractivity contribution in [3.63, 3.8) is 0 Å². The summed E-state index contributed by atoms with van der Waals surface area (Å²) in [6, 6.07) is 0. The fourth-order valence-corrected chi connectivity index (χ4v) is 0.625. The molecule has 0 fully saturated rings. The summed E-state index contributed by atoms with van der Waals surface area (Å²) in [6.45, 7) is 0. The van der Waals surface area contributed by atoms with E-state index in [4.69, 9.17) is 0 Å². The largest absolute Gasteiger partial charge is 0.530 e. The number of hydrogen-bond acceptors (Lipinski definition) is 2. The third-order valence-electron chi connectivity index (χ3n) is 0.547.